The molecule has 0 aliphatic carbocycles. The zero-order valence-electron chi connectivity index (χ0n) is 9.48. The van der Waals surface area contributed by atoms with Crippen LogP contribution in [0.25, 0.3) is 0 Å². The van der Waals surface area contributed by atoms with Crippen molar-refractivity contribution in [1.29, 1.82) is 0 Å². The van der Waals surface area contributed by atoms with Gasteiger partial charge in [0, 0.05) is 26.7 Å². The molecular weight excluding hydrogens is 216 g/mol. The Morgan fingerprint density at radius 1 is 1.40 bits per heavy atom. The van der Waals surface area contributed by atoms with Crippen LogP contribution < -0.4 is 5.73 Å². The molecule has 1 fully saturated rings. The molecule has 2 N–H and O–H groups in total. The summed E-state index contributed by atoms with van der Waals surface area (Å²) in [7, 11) is 1.77. The first-order valence-electron chi connectivity index (χ1n) is 5.36. The fourth-order valence-electron chi connectivity index (χ4n) is 1.87. The number of halogens is 1. The highest BCUT2D eigenvalue weighted by molar-refractivity contribution is 5.85. The Morgan fingerprint density at radius 3 is 2.87 bits per heavy atom. The van der Waals surface area contributed by atoms with Gasteiger partial charge < -0.3 is 20.1 Å². The lowest BCUT2D eigenvalue weighted by Gasteiger charge is -2.15. The third kappa shape index (κ3) is 6.33. The van der Waals surface area contributed by atoms with Crippen LogP contribution >= 0.6 is 12.4 Å². The van der Waals surface area contributed by atoms with Crippen LogP contribution in [0.3, 0.4) is 0 Å². The molecule has 0 aromatic rings. The average molecular weight is 239 g/mol. The summed E-state index contributed by atoms with van der Waals surface area (Å²) < 4.78 is 10.5. The molecule has 15 heavy (non-hydrogen) atoms. The molecule has 0 saturated carbocycles. The molecule has 0 spiro atoms. The van der Waals surface area contributed by atoms with Crippen molar-refractivity contribution in [2.45, 2.75) is 6.42 Å². The quantitative estimate of drug-likeness (QED) is 0.651. The van der Waals surface area contributed by atoms with Crippen LogP contribution in [0.15, 0.2) is 0 Å². The molecule has 0 amide bonds. The van der Waals surface area contributed by atoms with Gasteiger partial charge in [-0.1, -0.05) is 0 Å². The predicted molar refractivity (Wildman–Crippen MR) is 63.5 cm³/mol. The Morgan fingerprint density at radius 2 is 2.20 bits per heavy atom. The van der Waals surface area contributed by atoms with E-state index in [1.807, 2.05) is 0 Å². The first-order chi connectivity index (χ1) is 6.86. The molecule has 92 valence electrons. The fourth-order valence-corrected chi connectivity index (χ4v) is 1.87. The van der Waals surface area contributed by atoms with Crippen molar-refractivity contribution in [3.63, 3.8) is 0 Å². The summed E-state index contributed by atoms with van der Waals surface area (Å²) in [4.78, 5) is 2.43. The second kappa shape index (κ2) is 9.36. The average Bonchev–Trinajstić information content (AvgIpc) is 2.61. The molecule has 0 aromatic carbocycles. The Balaban J connectivity index is 0.00000196. The highest BCUT2D eigenvalue weighted by atomic mass is 35.5. The molecule has 1 heterocycles. The van der Waals surface area contributed by atoms with Crippen molar-refractivity contribution in [2.75, 3.05) is 53.1 Å². The molecule has 1 unspecified atom stereocenters. The highest BCUT2D eigenvalue weighted by Crippen LogP contribution is 2.15. The Kier molecular flexibility index (Phi) is 9.44. The molecule has 0 radical (unpaired) electrons. The van der Waals surface area contributed by atoms with Gasteiger partial charge in [-0.3, -0.25) is 0 Å². The highest BCUT2D eigenvalue weighted by Gasteiger charge is 2.21. The van der Waals surface area contributed by atoms with E-state index in [9.17, 15) is 0 Å². The minimum absolute atomic E-state index is 0. The standard InChI is InChI=1S/C10H22N2O2.ClH/c1-13-9-10-2-4-12(8-10)5-7-14-6-3-11;/h10H,2-9,11H2,1H3;1H. The molecule has 0 aromatic heterocycles. The van der Waals surface area contributed by atoms with Gasteiger partial charge in [-0.2, -0.15) is 0 Å². The van der Waals surface area contributed by atoms with E-state index in [0.717, 1.165) is 32.2 Å². The number of rotatable bonds is 7. The van der Waals surface area contributed by atoms with Crippen molar-refractivity contribution in [1.82, 2.24) is 4.90 Å². The summed E-state index contributed by atoms with van der Waals surface area (Å²) in [6, 6.07) is 0. The van der Waals surface area contributed by atoms with Crippen molar-refractivity contribution >= 4 is 12.4 Å². The van der Waals surface area contributed by atoms with Crippen LogP contribution in [0.2, 0.25) is 0 Å². The molecule has 1 atom stereocenters. The smallest absolute Gasteiger partial charge is 0.0594 e. The Labute approximate surface area is 98.5 Å². The van der Waals surface area contributed by atoms with Gasteiger partial charge in [0.05, 0.1) is 19.8 Å². The third-order valence-electron chi connectivity index (χ3n) is 2.59. The molecule has 5 heteroatoms. The van der Waals surface area contributed by atoms with E-state index < -0.39 is 0 Å². The van der Waals surface area contributed by atoms with E-state index in [0.29, 0.717) is 13.2 Å². The van der Waals surface area contributed by atoms with Crippen molar-refractivity contribution in [3.05, 3.63) is 0 Å². The van der Waals surface area contributed by atoms with Crippen LogP contribution in [0.4, 0.5) is 0 Å². The van der Waals surface area contributed by atoms with Crippen LogP contribution in [0, 0.1) is 5.92 Å². The lowest BCUT2D eigenvalue weighted by Crippen LogP contribution is -2.26. The molecule has 1 rings (SSSR count). The third-order valence-corrected chi connectivity index (χ3v) is 2.59. The normalized spacial score (nSPS) is 21.6. The van der Waals surface area contributed by atoms with Crippen LogP contribution in [0.5, 0.6) is 0 Å². The summed E-state index contributed by atoms with van der Waals surface area (Å²) in [6.45, 7) is 6.35. The Bertz CT molecular complexity index is 149. The lowest BCUT2D eigenvalue weighted by atomic mass is 10.1. The van der Waals surface area contributed by atoms with E-state index in [-0.39, 0.29) is 12.4 Å². The van der Waals surface area contributed by atoms with Crippen molar-refractivity contribution in [2.24, 2.45) is 11.7 Å². The SMILES string of the molecule is COCC1CCN(CCOCCN)C1.Cl. The second-order valence-corrected chi connectivity index (χ2v) is 3.81. The van der Waals surface area contributed by atoms with Gasteiger partial charge in [0.2, 0.25) is 0 Å². The molecule has 1 aliphatic heterocycles. The van der Waals surface area contributed by atoms with Crippen LogP contribution in [-0.2, 0) is 9.47 Å². The zero-order chi connectivity index (χ0) is 10.2. The van der Waals surface area contributed by atoms with Gasteiger partial charge in [-0.15, -0.1) is 12.4 Å². The fraction of sp³-hybridized carbons (Fsp3) is 1.00. The van der Waals surface area contributed by atoms with E-state index >= 15 is 0 Å². The number of likely N-dealkylation sites (tertiary alicyclic amines) is 1. The first kappa shape index (κ1) is 15.1. The van der Waals surface area contributed by atoms with Gasteiger partial charge in [0.1, 0.15) is 0 Å². The summed E-state index contributed by atoms with van der Waals surface area (Å²) in [5, 5.41) is 0. The maximum atomic E-state index is 5.34. The van der Waals surface area contributed by atoms with Crippen molar-refractivity contribution in [3.8, 4) is 0 Å². The maximum Gasteiger partial charge on any atom is 0.0594 e. The monoisotopic (exact) mass is 238 g/mol. The molecule has 1 saturated heterocycles. The van der Waals surface area contributed by atoms with Gasteiger partial charge in [0.25, 0.3) is 0 Å². The van der Waals surface area contributed by atoms with Crippen LogP contribution in [-0.4, -0.2) is 58.0 Å². The van der Waals surface area contributed by atoms with E-state index in [2.05, 4.69) is 4.90 Å². The van der Waals surface area contributed by atoms with E-state index in [4.69, 9.17) is 15.2 Å². The molecule has 4 nitrogen and oxygen atoms in total. The zero-order valence-corrected chi connectivity index (χ0v) is 10.3. The minimum Gasteiger partial charge on any atom is -0.384 e. The number of nitrogens with two attached hydrogens (primary N) is 1. The van der Waals surface area contributed by atoms with Crippen molar-refractivity contribution < 1.29 is 9.47 Å². The number of hydrogen-bond donors (Lipinski definition) is 1. The van der Waals surface area contributed by atoms with Gasteiger partial charge in [-0.25, -0.2) is 0 Å². The number of hydrogen-bond acceptors (Lipinski definition) is 4. The van der Waals surface area contributed by atoms with Gasteiger partial charge >= 0.3 is 0 Å². The Hall–Kier alpha value is 0.130. The van der Waals surface area contributed by atoms with E-state index in [1.165, 1.54) is 13.0 Å². The number of ether oxygens (including phenoxy) is 2. The molecule has 0 bridgehead atoms. The number of methoxy groups -OCH3 is 1. The summed E-state index contributed by atoms with van der Waals surface area (Å²) in [5.41, 5.74) is 5.33. The summed E-state index contributed by atoms with van der Waals surface area (Å²) in [6.07, 6.45) is 1.25. The van der Waals surface area contributed by atoms with Crippen LogP contribution in [0.1, 0.15) is 6.42 Å². The lowest BCUT2D eigenvalue weighted by molar-refractivity contribution is 0.111. The summed E-state index contributed by atoms with van der Waals surface area (Å²) >= 11 is 0. The number of nitrogens with zero attached hydrogens (tertiary/aromatic N) is 1. The van der Waals surface area contributed by atoms with Gasteiger partial charge in [0.15, 0.2) is 0 Å². The first-order valence-corrected chi connectivity index (χ1v) is 5.36. The van der Waals surface area contributed by atoms with Gasteiger partial charge in [-0.05, 0) is 18.9 Å². The largest absolute Gasteiger partial charge is 0.384 e. The predicted octanol–water partition coefficient (Wildman–Crippen LogP) is 0.352. The minimum atomic E-state index is 0. The summed E-state index contributed by atoms with van der Waals surface area (Å²) in [5.74, 6) is 0.717. The molecular formula is C10H23ClN2O2. The second-order valence-electron chi connectivity index (χ2n) is 3.81. The topological polar surface area (TPSA) is 47.7 Å². The van der Waals surface area contributed by atoms with E-state index in [1.54, 1.807) is 7.11 Å². The molecule has 1 aliphatic rings. The maximum absolute atomic E-state index is 5.34.